The molecule has 3 atom stereocenters. The Labute approximate surface area is 140 Å². The van der Waals surface area contributed by atoms with E-state index in [0.29, 0.717) is 22.9 Å². The van der Waals surface area contributed by atoms with E-state index in [9.17, 15) is 9.59 Å². The number of carbonyl (C=O) groups is 1. The van der Waals surface area contributed by atoms with Crippen LogP contribution >= 0.6 is 0 Å². The number of likely N-dealkylation sites (tertiary alicyclic amines) is 1. The molecule has 0 bridgehead atoms. The number of hydrogen-bond acceptors (Lipinski definition) is 3. The van der Waals surface area contributed by atoms with E-state index in [1.165, 1.54) is 0 Å². The Morgan fingerprint density at radius 3 is 2.46 bits per heavy atom. The number of aromatic nitrogens is 2. The van der Waals surface area contributed by atoms with Gasteiger partial charge in [0.1, 0.15) is 0 Å². The van der Waals surface area contributed by atoms with Gasteiger partial charge in [-0.15, -0.1) is 0 Å². The Bertz CT molecular complexity index is 854. The molecule has 1 N–H and O–H groups in total. The monoisotopic (exact) mass is 323 g/mol. The topological polar surface area (TPSA) is 66.1 Å². The molecule has 124 valence electrons. The van der Waals surface area contributed by atoms with Gasteiger partial charge in [-0.05, 0) is 37.7 Å². The summed E-state index contributed by atoms with van der Waals surface area (Å²) in [6, 6.07) is 7.34. The predicted octanol–water partition coefficient (Wildman–Crippen LogP) is 2.45. The fraction of sp³-hybridized carbons (Fsp3) is 0.421. The van der Waals surface area contributed by atoms with Gasteiger partial charge in [0.05, 0.1) is 17.0 Å². The molecule has 0 spiro atoms. The van der Waals surface area contributed by atoms with Gasteiger partial charge in [0, 0.05) is 18.5 Å². The second-order valence-electron chi connectivity index (χ2n) is 6.91. The molecule has 1 aromatic carbocycles. The molecule has 1 aliphatic carbocycles. The van der Waals surface area contributed by atoms with Crippen molar-refractivity contribution in [1.82, 2.24) is 15.1 Å². The highest BCUT2D eigenvalue weighted by atomic mass is 16.2. The average molecular weight is 323 g/mol. The second kappa shape index (κ2) is 5.89. The van der Waals surface area contributed by atoms with Crippen molar-refractivity contribution in [3.8, 4) is 0 Å². The standard InChI is InChI=1S/C19H21N3O2/c1-12(17-15-8-4-5-9-16(15)18(23)21-20-17)19(24)22-10-13-6-2-3-7-14(13)11-22/h2-5,8-9,12-14H,6-7,10-11H2,1H3,(H,21,23)/t12?,13-,14+. The molecular formula is C19H21N3O2. The van der Waals surface area contributed by atoms with Crippen molar-refractivity contribution < 1.29 is 4.79 Å². The Morgan fingerprint density at radius 2 is 1.79 bits per heavy atom. The summed E-state index contributed by atoms with van der Waals surface area (Å²) in [5.74, 6) is 0.923. The molecule has 1 unspecified atom stereocenters. The van der Waals surface area contributed by atoms with Crippen LogP contribution in [-0.2, 0) is 4.79 Å². The van der Waals surface area contributed by atoms with Crippen LogP contribution in [0, 0.1) is 11.8 Å². The van der Waals surface area contributed by atoms with Gasteiger partial charge < -0.3 is 4.90 Å². The van der Waals surface area contributed by atoms with Crippen LogP contribution in [0.1, 0.15) is 31.4 Å². The maximum atomic E-state index is 13.0. The highest BCUT2D eigenvalue weighted by Crippen LogP contribution is 2.34. The third-order valence-corrected chi connectivity index (χ3v) is 5.44. The lowest BCUT2D eigenvalue weighted by Crippen LogP contribution is -2.33. The van der Waals surface area contributed by atoms with Gasteiger partial charge in [0.25, 0.3) is 5.56 Å². The SMILES string of the molecule is CC(C(=O)N1C[C@H]2CC=CC[C@H]2C1)c1n[nH]c(=O)c2ccccc12. The molecule has 5 heteroatoms. The van der Waals surface area contributed by atoms with E-state index in [-0.39, 0.29) is 17.4 Å². The van der Waals surface area contributed by atoms with Crippen LogP contribution in [0.3, 0.4) is 0 Å². The summed E-state index contributed by atoms with van der Waals surface area (Å²) in [5, 5.41) is 8.07. The van der Waals surface area contributed by atoms with E-state index < -0.39 is 0 Å². The molecular weight excluding hydrogens is 302 g/mol. The van der Waals surface area contributed by atoms with Crippen molar-refractivity contribution in [2.45, 2.75) is 25.7 Å². The van der Waals surface area contributed by atoms with Crippen LogP contribution in [0.2, 0.25) is 0 Å². The maximum Gasteiger partial charge on any atom is 0.272 e. The van der Waals surface area contributed by atoms with Gasteiger partial charge in [-0.2, -0.15) is 5.10 Å². The van der Waals surface area contributed by atoms with Crippen molar-refractivity contribution in [2.24, 2.45) is 11.8 Å². The summed E-state index contributed by atoms with van der Waals surface area (Å²) < 4.78 is 0. The minimum absolute atomic E-state index is 0.106. The Balaban J connectivity index is 1.62. The summed E-state index contributed by atoms with van der Waals surface area (Å²) in [6.45, 7) is 3.55. The van der Waals surface area contributed by atoms with Gasteiger partial charge in [-0.25, -0.2) is 5.10 Å². The van der Waals surface area contributed by atoms with E-state index in [1.54, 1.807) is 6.07 Å². The average Bonchev–Trinajstić information content (AvgIpc) is 3.05. The number of aromatic amines is 1. The number of carbonyl (C=O) groups excluding carboxylic acids is 1. The smallest absolute Gasteiger partial charge is 0.272 e. The zero-order valence-electron chi connectivity index (χ0n) is 13.7. The molecule has 2 aliphatic rings. The molecule has 0 radical (unpaired) electrons. The first-order chi connectivity index (χ1) is 11.6. The Hall–Kier alpha value is -2.43. The number of allylic oxidation sites excluding steroid dienone is 2. The van der Waals surface area contributed by atoms with E-state index in [1.807, 2.05) is 30.0 Å². The second-order valence-corrected chi connectivity index (χ2v) is 6.91. The number of fused-ring (bicyclic) bond motifs is 2. The van der Waals surface area contributed by atoms with E-state index >= 15 is 0 Å². The number of nitrogens with one attached hydrogen (secondary N) is 1. The van der Waals surface area contributed by atoms with Gasteiger partial charge in [-0.1, -0.05) is 30.4 Å². The van der Waals surface area contributed by atoms with E-state index in [2.05, 4.69) is 22.3 Å². The zero-order valence-corrected chi connectivity index (χ0v) is 13.7. The summed E-state index contributed by atoms with van der Waals surface area (Å²) in [7, 11) is 0. The lowest BCUT2D eigenvalue weighted by atomic mass is 9.86. The summed E-state index contributed by atoms with van der Waals surface area (Å²) in [5.41, 5.74) is 0.440. The minimum atomic E-state index is -0.361. The van der Waals surface area contributed by atoms with Gasteiger partial charge in [0.2, 0.25) is 5.91 Å². The molecule has 0 saturated carbocycles. The van der Waals surface area contributed by atoms with Crippen molar-refractivity contribution in [3.63, 3.8) is 0 Å². The highest BCUT2D eigenvalue weighted by molar-refractivity contribution is 5.91. The largest absolute Gasteiger partial charge is 0.342 e. The van der Waals surface area contributed by atoms with Crippen LogP contribution < -0.4 is 5.56 Å². The molecule has 24 heavy (non-hydrogen) atoms. The molecule has 2 aromatic rings. The minimum Gasteiger partial charge on any atom is -0.342 e. The van der Waals surface area contributed by atoms with E-state index in [0.717, 1.165) is 31.3 Å². The molecule has 1 fully saturated rings. The number of hydrogen-bond donors (Lipinski definition) is 1. The fourth-order valence-corrected chi connectivity index (χ4v) is 4.05. The Morgan fingerprint density at radius 1 is 1.17 bits per heavy atom. The molecule has 1 amide bonds. The Kier molecular flexibility index (Phi) is 3.71. The van der Waals surface area contributed by atoms with Gasteiger partial charge in [0.15, 0.2) is 0 Å². The third-order valence-electron chi connectivity index (χ3n) is 5.44. The normalized spacial score (nSPS) is 24.1. The first-order valence-electron chi connectivity index (χ1n) is 8.56. The molecule has 1 aromatic heterocycles. The van der Waals surface area contributed by atoms with Crippen LogP contribution in [-0.4, -0.2) is 34.1 Å². The maximum absolute atomic E-state index is 13.0. The lowest BCUT2D eigenvalue weighted by molar-refractivity contribution is -0.131. The quantitative estimate of drug-likeness (QED) is 0.863. The summed E-state index contributed by atoms with van der Waals surface area (Å²) in [4.78, 5) is 26.9. The number of benzene rings is 1. The van der Waals surface area contributed by atoms with Crippen LogP contribution in [0.25, 0.3) is 10.8 Å². The van der Waals surface area contributed by atoms with Crippen molar-refractivity contribution in [1.29, 1.82) is 0 Å². The molecule has 4 rings (SSSR count). The predicted molar refractivity (Wildman–Crippen MR) is 92.7 cm³/mol. The van der Waals surface area contributed by atoms with Crippen molar-refractivity contribution in [3.05, 3.63) is 52.5 Å². The molecule has 1 saturated heterocycles. The van der Waals surface area contributed by atoms with Crippen molar-refractivity contribution in [2.75, 3.05) is 13.1 Å². The number of H-pyrrole nitrogens is 1. The van der Waals surface area contributed by atoms with Gasteiger partial charge in [-0.3, -0.25) is 9.59 Å². The zero-order chi connectivity index (χ0) is 16.7. The van der Waals surface area contributed by atoms with Crippen LogP contribution in [0.4, 0.5) is 0 Å². The first-order valence-corrected chi connectivity index (χ1v) is 8.56. The van der Waals surface area contributed by atoms with Gasteiger partial charge >= 0.3 is 0 Å². The summed E-state index contributed by atoms with van der Waals surface area (Å²) >= 11 is 0. The molecule has 1 aliphatic heterocycles. The molecule has 2 heterocycles. The van der Waals surface area contributed by atoms with Crippen LogP contribution in [0.15, 0.2) is 41.2 Å². The number of nitrogens with zero attached hydrogens (tertiary/aromatic N) is 2. The van der Waals surface area contributed by atoms with Crippen molar-refractivity contribution >= 4 is 16.7 Å². The third kappa shape index (κ3) is 2.44. The fourth-order valence-electron chi connectivity index (χ4n) is 4.05. The van der Waals surface area contributed by atoms with Crippen LogP contribution in [0.5, 0.6) is 0 Å². The number of rotatable bonds is 2. The number of amides is 1. The lowest BCUT2D eigenvalue weighted by Gasteiger charge is -2.21. The highest BCUT2D eigenvalue weighted by Gasteiger charge is 2.37. The first kappa shape index (κ1) is 15.1. The molecule has 5 nitrogen and oxygen atoms in total. The summed E-state index contributed by atoms with van der Waals surface area (Å²) in [6.07, 6.45) is 6.61. The van der Waals surface area contributed by atoms with E-state index in [4.69, 9.17) is 0 Å².